The van der Waals surface area contributed by atoms with Crippen molar-refractivity contribution in [1.29, 1.82) is 0 Å². The minimum atomic E-state index is -0.906. The second-order valence-electron chi connectivity index (χ2n) is 6.10. The molecule has 0 radical (unpaired) electrons. The Hall–Kier alpha value is -4.08. The number of nitrogens with zero attached hydrogens (tertiary/aromatic N) is 5. The van der Waals surface area contributed by atoms with Gasteiger partial charge in [0.1, 0.15) is 17.3 Å². The maximum Gasteiger partial charge on any atom is 0.414 e. The Kier molecular flexibility index (Phi) is 6.16. The average Bonchev–Trinajstić information content (AvgIpc) is 2.73. The van der Waals surface area contributed by atoms with Gasteiger partial charge < -0.3 is 9.64 Å². The SMILES string of the molecule is CN(C)C(=O)Oc1cccnc1C=NC(=O)c1nnccc1-c1c(F)cccc1F. The monoisotopic (exact) mass is 411 g/mol. The van der Waals surface area contributed by atoms with Gasteiger partial charge in [-0.25, -0.2) is 18.6 Å². The van der Waals surface area contributed by atoms with Crippen LogP contribution in [-0.4, -0.2) is 52.4 Å². The molecular weight excluding hydrogens is 396 g/mol. The smallest absolute Gasteiger partial charge is 0.408 e. The molecule has 3 aromatic rings. The Morgan fingerprint density at radius 1 is 1.07 bits per heavy atom. The van der Waals surface area contributed by atoms with Gasteiger partial charge >= 0.3 is 6.09 Å². The zero-order chi connectivity index (χ0) is 21.7. The number of carbonyl (C=O) groups is 2. The second kappa shape index (κ2) is 8.95. The quantitative estimate of drug-likeness (QED) is 0.612. The fraction of sp³-hybridized carbons (Fsp3) is 0.100. The van der Waals surface area contributed by atoms with Crippen LogP contribution in [0.15, 0.2) is 53.8 Å². The third kappa shape index (κ3) is 4.49. The van der Waals surface area contributed by atoms with Crippen molar-refractivity contribution in [2.24, 2.45) is 4.99 Å². The van der Waals surface area contributed by atoms with E-state index in [1.807, 2.05) is 0 Å². The van der Waals surface area contributed by atoms with Crippen LogP contribution in [0.5, 0.6) is 5.75 Å². The first kappa shape index (κ1) is 20.6. The summed E-state index contributed by atoms with van der Waals surface area (Å²) in [6.07, 6.45) is 3.05. The molecule has 0 bridgehead atoms. The summed E-state index contributed by atoms with van der Waals surface area (Å²) in [5.74, 6) is -2.55. The zero-order valence-corrected chi connectivity index (χ0v) is 15.9. The van der Waals surface area contributed by atoms with E-state index >= 15 is 0 Å². The van der Waals surface area contributed by atoms with E-state index in [4.69, 9.17) is 4.74 Å². The maximum absolute atomic E-state index is 14.2. The van der Waals surface area contributed by atoms with Crippen LogP contribution >= 0.6 is 0 Å². The molecule has 0 atom stereocenters. The van der Waals surface area contributed by atoms with Crippen molar-refractivity contribution in [2.45, 2.75) is 0 Å². The van der Waals surface area contributed by atoms with Crippen molar-refractivity contribution in [1.82, 2.24) is 20.1 Å². The summed E-state index contributed by atoms with van der Waals surface area (Å²) in [6, 6.07) is 7.62. The van der Waals surface area contributed by atoms with Crippen molar-refractivity contribution in [3.05, 3.63) is 71.8 Å². The van der Waals surface area contributed by atoms with Gasteiger partial charge in [-0.15, -0.1) is 5.10 Å². The summed E-state index contributed by atoms with van der Waals surface area (Å²) in [5.41, 5.74) is -0.753. The average molecular weight is 411 g/mol. The predicted molar refractivity (Wildman–Crippen MR) is 103 cm³/mol. The van der Waals surface area contributed by atoms with Gasteiger partial charge in [0.25, 0.3) is 5.91 Å². The molecule has 2 aromatic heterocycles. The first-order chi connectivity index (χ1) is 14.4. The molecule has 2 heterocycles. The van der Waals surface area contributed by atoms with Crippen molar-refractivity contribution in [3.63, 3.8) is 0 Å². The Bertz CT molecular complexity index is 1110. The zero-order valence-electron chi connectivity index (χ0n) is 15.9. The van der Waals surface area contributed by atoms with E-state index in [-0.39, 0.29) is 22.7 Å². The molecule has 1 aromatic carbocycles. The summed E-state index contributed by atoms with van der Waals surface area (Å²) in [7, 11) is 3.01. The number of amides is 2. The molecule has 0 saturated carbocycles. The molecule has 0 aliphatic carbocycles. The molecule has 10 heteroatoms. The van der Waals surface area contributed by atoms with E-state index in [1.54, 1.807) is 6.07 Å². The van der Waals surface area contributed by atoms with Crippen LogP contribution in [0.25, 0.3) is 11.1 Å². The Morgan fingerprint density at radius 2 is 1.80 bits per heavy atom. The van der Waals surface area contributed by atoms with Crippen LogP contribution in [0.1, 0.15) is 16.2 Å². The molecule has 0 unspecified atom stereocenters. The van der Waals surface area contributed by atoms with E-state index in [0.29, 0.717) is 0 Å². The highest BCUT2D eigenvalue weighted by Gasteiger charge is 2.20. The maximum atomic E-state index is 14.2. The molecule has 0 aliphatic rings. The van der Waals surface area contributed by atoms with E-state index in [2.05, 4.69) is 20.2 Å². The fourth-order valence-corrected chi connectivity index (χ4v) is 2.40. The van der Waals surface area contributed by atoms with Crippen molar-refractivity contribution in [2.75, 3.05) is 14.1 Å². The lowest BCUT2D eigenvalue weighted by molar-refractivity contribution is 0.0998. The van der Waals surface area contributed by atoms with Crippen LogP contribution in [0.3, 0.4) is 0 Å². The van der Waals surface area contributed by atoms with Crippen molar-refractivity contribution >= 4 is 18.2 Å². The van der Waals surface area contributed by atoms with Gasteiger partial charge in [-0.2, -0.15) is 5.10 Å². The summed E-state index contributed by atoms with van der Waals surface area (Å²) in [5, 5.41) is 7.29. The van der Waals surface area contributed by atoms with Gasteiger partial charge in [-0.1, -0.05) is 6.07 Å². The van der Waals surface area contributed by atoms with Gasteiger partial charge in [0.15, 0.2) is 11.4 Å². The van der Waals surface area contributed by atoms with E-state index in [9.17, 15) is 18.4 Å². The highest BCUT2D eigenvalue weighted by Crippen LogP contribution is 2.28. The van der Waals surface area contributed by atoms with Crippen LogP contribution in [0.4, 0.5) is 13.6 Å². The van der Waals surface area contributed by atoms with Gasteiger partial charge in [-0.3, -0.25) is 9.78 Å². The normalized spacial score (nSPS) is 10.8. The first-order valence-electron chi connectivity index (χ1n) is 8.57. The Labute approximate surface area is 169 Å². The summed E-state index contributed by atoms with van der Waals surface area (Å²) >= 11 is 0. The summed E-state index contributed by atoms with van der Waals surface area (Å²) in [6.45, 7) is 0. The van der Waals surface area contributed by atoms with Crippen molar-refractivity contribution < 1.29 is 23.1 Å². The minimum Gasteiger partial charge on any atom is -0.408 e. The topological polar surface area (TPSA) is 97.6 Å². The number of carbonyl (C=O) groups excluding carboxylic acids is 2. The number of hydrogen-bond donors (Lipinski definition) is 0. The van der Waals surface area contributed by atoms with E-state index < -0.39 is 29.2 Å². The van der Waals surface area contributed by atoms with Gasteiger partial charge in [0.2, 0.25) is 0 Å². The van der Waals surface area contributed by atoms with Crippen molar-refractivity contribution in [3.8, 4) is 16.9 Å². The molecule has 2 amide bonds. The third-order valence-electron chi connectivity index (χ3n) is 3.82. The molecule has 3 rings (SSSR count). The Morgan fingerprint density at radius 3 is 2.50 bits per heavy atom. The molecule has 8 nitrogen and oxygen atoms in total. The Balaban J connectivity index is 1.94. The van der Waals surface area contributed by atoms with Crippen LogP contribution in [0, 0.1) is 11.6 Å². The summed E-state index contributed by atoms with van der Waals surface area (Å²) in [4.78, 5) is 33.3. The number of rotatable bonds is 4. The number of pyridine rings is 1. The van der Waals surface area contributed by atoms with Crippen LogP contribution < -0.4 is 4.74 Å². The number of ether oxygens (including phenoxy) is 1. The molecule has 0 fully saturated rings. The lowest BCUT2D eigenvalue weighted by Gasteiger charge is -2.11. The fourth-order valence-electron chi connectivity index (χ4n) is 2.40. The molecular formula is C20H15F2N5O3. The summed E-state index contributed by atoms with van der Waals surface area (Å²) < 4.78 is 33.5. The molecule has 0 N–H and O–H groups in total. The standard InChI is InChI=1S/C20H15F2N5O3/c1-27(2)20(29)30-16-7-4-9-23-15(16)11-24-19(28)18-12(8-10-25-26-18)17-13(21)5-3-6-14(17)22/h3-11H,1-2H3. The van der Waals surface area contributed by atoms with Crippen LogP contribution in [0.2, 0.25) is 0 Å². The number of aromatic nitrogens is 3. The predicted octanol–water partition coefficient (Wildman–Crippen LogP) is 3.14. The van der Waals surface area contributed by atoms with Gasteiger partial charge in [0.05, 0.1) is 18.0 Å². The molecule has 0 aliphatic heterocycles. The lowest BCUT2D eigenvalue weighted by atomic mass is 10.0. The number of aliphatic imine (C=N–C) groups is 1. The van der Waals surface area contributed by atoms with E-state index in [0.717, 1.165) is 18.3 Å². The minimum absolute atomic E-state index is 0.0762. The lowest BCUT2D eigenvalue weighted by Crippen LogP contribution is -2.25. The van der Waals surface area contributed by atoms with Gasteiger partial charge in [0, 0.05) is 25.9 Å². The number of benzene rings is 1. The third-order valence-corrected chi connectivity index (χ3v) is 3.82. The first-order valence-corrected chi connectivity index (χ1v) is 8.57. The molecule has 0 saturated heterocycles. The van der Waals surface area contributed by atoms with Gasteiger partial charge in [-0.05, 0) is 30.3 Å². The molecule has 152 valence electrons. The van der Waals surface area contributed by atoms with Crippen LogP contribution in [-0.2, 0) is 0 Å². The molecule has 30 heavy (non-hydrogen) atoms. The molecule has 0 spiro atoms. The van der Waals surface area contributed by atoms with E-state index in [1.165, 1.54) is 49.6 Å². The number of halogens is 2. The second-order valence-corrected chi connectivity index (χ2v) is 6.10. The highest BCUT2D eigenvalue weighted by molar-refractivity contribution is 6.04. The number of hydrogen-bond acceptors (Lipinski definition) is 6. The largest absolute Gasteiger partial charge is 0.414 e. The highest BCUT2D eigenvalue weighted by atomic mass is 19.1.